The maximum absolute atomic E-state index is 6.03. The van der Waals surface area contributed by atoms with Crippen molar-refractivity contribution in [2.24, 2.45) is 5.73 Å². The van der Waals surface area contributed by atoms with Crippen LogP contribution in [0.2, 0.25) is 0 Å². The second kappa shape index (κ2) is 3.98. The van der Waals surface area contributed by atoms with Gasteiger partial charge in [-0.05, 0) is 12.1 Å². The number of ether oxygens (including phenoxy) is 3. The van der Waals surface area contributed by atoms with Crippen LogP contribution < -0.4 is 19.9 Å². The molecule has 82 valence electrons. The van der Waals surface area contributed by atoms with Gasteiger partial charge in [0.2, 0.25) is 0 Å². The van der Waals surface area contributed by atoms with Crippen LogP contribution >= 0.6 is 0 Å². The molecule has 1 aromatic carbocycles. The monoisotopic (exact) mass is 209 g/mol. The molecule has 0 saturated carbocycles. The zero-order valence-electron chi connectivity index (χ0n) is 8.95. The average molecular weight is 209 g/mol. The predicted molar refractivity (Wildman–Crippen MR) is 56.6 cm³/mol. The van der Waals surface area contributed by atoms with E-state index >= 15 is 0 Å². The molecule has 0 unspecified atom stereocenters. The van der Waals surface area contributed by atoms with Gasteiger partial charge in [0.25, 0.3) is 0 Å². The smallest absolute Gasteiger partial charge is 0.169 e. The Morgan fingerprint density at radius 1 is 1.27 bits per heavy atom. The maximum atomic E-state index is 6.03. The lowest BCUT2D eigenvalue weighted by atomic mass is 10.00. The van der Waals surface area contributed by atoms with Crippen molar-refractivity contribution in [2.75, 3.05) is 20.8 Å². The molecule has 0 fully saturated rings. The van der Waals surface area contributed by atoms with Crippen LogP contribution in [0.5, 0.6) is 17.2 Å². The number of hydrogen-bond donors (Lipinski definition) is 1. The molecule has 0 radical (unpaired) electrons. The Labute approximate surface area is 88.9 Å². The minimum atomic E-state index is -0.0428. The first-order chi connectivity index (χ1) is 7.27. The van der Waals surface area contributed by atoms with Crippen LogP contribution in [-0.2, 0) is 0 Å². The summed E-state index contributed by atoms with van der Waals surface area (Å²) in [5.74, 6) is 2.19. The van der Waals surface area contributed by atoms with E-state index in [2.05, 4.69) is 0 Å². The Morgan fingerprint density at radius 2 is 1.93 bits per heavy atom. The van der Waals surface area contributed by atoms with Crippen molar-refractivity contribution in [1.29, 1.82) is 0 Å². The molecule has 0 aromatic heterocycles. The quantitative estimate of drug-likeness (QED) is 0.801. The molecule has 2 N–H and O–H groups in total. The van der Waals surface area contributed by atoms with E-state index in [1.807, 2.05) is 12.1 Å². The lowest BCUT2D eigenvalue weighted by molar-refractivity contribution is 0.247. The summed E-state index contributed by atoms with van der Waals surface area (Å²) in [6.45, 7) is 0.623. The molecule has 0 saturated heterocycles. The summed E-state index contributed by atoms with van der Waals surface area (Å²) in [4.78, 5) is 0. The summed E-state index contributed by atoms with van der Waals surface area (Å²) in [5.41, 5.74) is 6.94. The topological polar surface area (TPSA) is 53.7 Å². The second-order valence-corrected chi connectivity index (χ2v) is 3.46. The number of nitrogens with two attached hydrogens (primary N) is 1. The molecule has 0 amide bonds. The molecule has 0 bridgehead atoms. The summed E-state index contributed by atoms with van der Waals surface area (Å²) < 4.78 is 16.1. The van der Waals surface area contributed by atoms with E-state index in [0.29, 0.717) is 12.4 Å². The number of methoxy groups -OCH3 is 2. The van der Waals surface area contributed by atoms with Gasteiger partial charge in [-0.2, -0.15) is 0 Å². The lowest BCUT2D eigenvalue weighted by Gasteiger charge is -2.26. The molecule has 15 heavy (non-hydrogen) atoms. The van der Waals surface area contributed by atoms with Crippen LogP contribution in [0.4, 0.5) is 0 Å². The normalized spacial score (nSPS) is 19.0. The van der Waals surface area contributed by atoms with Crippen molar-refractivity contribution in [1.82, 2.24) is 0 Å². The number of hydrogen-bond acceptors (Lipinski definition) is 4. The minimum Gasteiger partial charge on any atom is -0.496 e. The highest BCUT2D eigenvalue weighted by Crippen LogP contribution is 2.43. The van der Waals surface area contributed by atoms with Crippen LogP contribution in [0.25, 0.3) is 0 Å². The molecule has 0 spiro atoms. The first-order valence-corrected chi connectivity index (χ1v) is 4.91. The zero-order valence-corrected chi connectivity index (χ0v) is 8.95. The van der Waals surface area contributed by atoms with Gasteiger partial charge in [0.15, 0.2) is 11.5 Å². The molecular formula is C11H15NO3. The Kier molecular flexibility index (Phi) is 2.68. The Hall–Kier alpha value is -1.42. The predicted octanol–water partition coefficient (Wildman–Crippen LogP) is 1.49. The molecule has 4 nitrogen and oxygen atoms in total. The van der Waals surface area contributed by atoms with Gasteiger partial charge < -0.3 is 19.9 Å². The van der Waals surface area contributed by atoms with Crippen LogP contribution in [0.3, 0.4) is 0 Å². The van der Waals surface area contributed by atoms with E-state index in [4.69, 9.17) is 19.9 Å². The fourth-order valence-corrected chi connectivity index (χ4v) is 1.83. The largest absolute Gasteiger partial charge is 0.496 e. The van der Waals surface area contributed by atoms with Gasteiger partial charge in [0.1, 0.15) is 5.75 Å². The van der Waals surface area contributed by atoms with Crippen LogP contribution in [0.15, 0.2) is 12.1 Å². The molecule has 4 heteroatoms. The van der Waals surface area contributed by atoms with Crippen molar-refractivity contribution in [2.45, 2.75) is 12.5 Å². The fourth-order valence-electron chi connectivity index (χ4n) is 1.83. The molecule has 1 aromatic rings. The first kappa shape index (κ1) is 10.1. The standard InChI is InChI=1S/C11H15NO3/c1-13-8-3-4-9(14-2)11-10(8)7(12)5-6-15-11/h3-4,7H,5-6,12H2,1-2H3/t7-/m1/s1. The molecule has 2 rings (SSSR count). The fraction of sp³-hybridized carbons (Fsp3) is 0.455. The van der Waals surface area contributed by atoms with Gasteiger partial charge in [-0.15, -0.1) is 0 Å². The van der Waals surface area contributed by atoms with Crippen molar-refractivity contribution < 1.29 is 14.2 Å². The van der Waals surface area contributed by atoms with Crippen molar-refractivity contribution >= 4 is 0 Å². The lowest BCUT2D eigenvalue weighted by Crippen LogP contribution is -2.21. The molecule has 1 aliphatic heterocycles. The molecular weight excluding hydrogens is 194 g/mol. The maximum Gasteiger partial charge on any atom is 0.169 e. The van der Waals surface area contributed by atoms with Gasteiger partial charge in [0, 0.05) is 12.5 Å². The Balaban J connectivity index is 2.56. The van der Waals surface area contributed by atoms with Crippen LogP contribution in [0, 0.1) is 0 Å². The van der Waals surface area contributed by atoms with Crippen molar-refractivity contribution in [3.63, 3.8) is 0 Å². The van der Waals surface area contributed by atoms with Crippen LogP contribution in [0.1, 0.15) is 18.0 Å². The number of rotatable bonds is 2. The van der Waals surface area contributed by atoms with E-state index in [0.717, 1.165) is 23.5 Å². The highest BCUT2D eigenvalue weighted by molar-refractivity contribution is 5.56. The first-order valence-electron chi connectivity index (χ1n) is 4.91. The van der Waals surface area contributed by atoms with Gasteiger partial charge >= 0.3 is 0 Å². The van der Waals surface area contributed by atoms with Gasteiger partial charge in [-0.3, -0.25) is 0 Å². The third-order valence-corrected chi connectivity index (χ3v) is 2.61. The second-order valence-electron chi connectivity index (χ2n) is 3.46. The third-order valence-electron chi connectivity index (χ3n) is 2.61. The summed E-state index contributed by atoms with van der Waals surface area (Å²) in [5, 5.41) is 0. The highest BCUT2D eigenvalue weighted by atomic mass is 16.5. The van der Waals surface area contributed by atoms with E-state index in [1.54, 1.807) is 14.2 Å². The van der Waals surface area contributed by atoms with Gasteiger partial charge in [-0.25, -0.2) is 0 Å². The Morgan fingerprint density at radius 3 is 2.60 bits per heavy atom. The number of fused-ring (bicyclic) bond motifs is 1. The highest BCUT2D eigenvalue weighted by Gasteiger charge is 2.25. The summed E-state index contributed by atoms with van der Waals surface area (Å²) in [6, 6.07) is 3.64. The van der Waals surface area contributed by atoms with E-state index in [9.17, 15) is 0 Å². The van der Waals surface area contributed by atoms with Crippen molar-refractivity contribution in [3.8, 4) is 17.2 Å². The summed E-state index contributed by atoms with van der Waals surface area (Å²) in [7, 11) is 3.25. The van der Waals surface area contributed by atoms with Crippen LogP contribution in [-0.4, -0.2) is 20.8 Å². The summed E-state index contributed by atoms with van der Waals surface area (Å²) >= 11 is 0. The number of benzene rings is 1. The van der Waals surface area contributed by atoms with E-state index < -0.39 is 0 Å². The minimum absolute atomic E-state index is 0.0428. The van der Waals surface area contributed by atoms with Gasteiger partial charge in [0.05, 0.1) is 26.4 Å². The molecule has 1 atom stereocenters. The summed E-state index contributed by atoms with van der Waals surface area (Å²) in [6.07, 6.45) is 0.802. The van der Waals surface area contributed by atoms with E-state index in [-0.39, 0.29) is 6.04 Å². The zero-order chi connectivity index (χ0) is 10.8. The average Bonchev–Trinajstić information content (AvgIpc) is 2.28. The van der Waals surface area contributed by atoms with Crippen molar-refractivity contribution in [3.05, 3.63) is 17.7 Å². The molecule has 0 aliphatic carbocycles. The molecule has 1 aliphatic rings. The third kappa shape index (κ3) is 1.61. The van der Waals surface area contributed by atoms with Gasteiger partial charge in [-0.1, -0.05) is 0 Å². The molecule has 1 heterocycles. The van der Waals surface area contributed by atoms with E-state index in [1.165, 1.54) is 0 Å². The Bertz CT molecular complexity index is 365. The SMILES string of the molecule is COc1ccc(OC)c2c1OCC[C@H]2N.